The standard InChI is InChI=1S/C10H15BrN2O3S/c1-7-8(12)6-13(10(14)9(7)11)4-3-5-17(2,15)16/h6H,3-5,12H2,1-2H3. The SMILES string of the molecule is Cc1c(N)cn(CCCS(C)(=O)=O)c(=O)c1Br. The Balaban J connectivity index is 2.90. The lowest BCUT2D eigenvalue weighted by molar-refractivity contribution is 0.589. The van der Waals surface area contributed by atoms with E-state index in [2.05, 4.69) is 15.9 Å². The van der Waals surface area contributed by atoms with Crippen LogP contribution in [0.15, 0.2) is 15.5 Å². The molecule has 0 spiro atoms. The molecule has 96 valence electrons. The van der Waals surface area contributed by atoms with Gasteiger partial charge in [0, 0.05) is 19.0 Å². The average Bonchev–Trinajstić information content (AvgIpc) is 2.21. The van der Waals surface area contributed by atoms with E-state index >= 15 is 0 Å². The monoisotopic (exact) mass is 322 g/mol. The van der Waals surface area contributed by atoms with Gasteiger partial charge in [-0.15, -0.1) is 0 Å². The second-order valence-corrected chi connectivity index (χ2v) is 7.06. The molecule has 5 nitrogen and oxygen atoms in total. The van der Waals surface area contributed by atoms with Crippen LogP contribution >= 0.6 is 15.9 Å². The zero-order valence-corrected chi connectivity index (χ0v) is 12.1. The summed E-state index contributed by atoms with van der Waals surface area (Å²) in [5, 5.41) is 0. The minimum Gasteiger partial charge on any atom is -0.397 e. The minimum absolute atomic E-state index is 0.0604. The molecule has 0 atom stereocenters. The van der Waals surface area contributed by atoms with Crippen molar-refractivity contribution < 1.29 is 8.42 Å². The Morgan fingerprint density at radius 2 is 2.06 bits per heavy atom. The molecule has 0 unspecified atom stereocenters. The highest BCUT2D eigenvalue weighted by Gasteiger charge is 2.09. The van der Waals surface area contributed by atoms with E-state index in [1.807, 2.05) is 0 Å². The van der Waals surface area contributed by atoms with Crippen molar-refractivity contribution >= 4 is 31.5 Å². The fourth-order valence-electron chi connectivity index (χ4n) is 1.40. The maximum atomic E-state index is 11.8. The van der Waals surface area contributed by atoms with Crippen LogP contribution in [0.2, 0.25) is 0 Å². The smallest absolute Gasteiger partial charge is 0.265 e. The Hall–Kier alpha value is -0.820. The van der Waals surface area contributed by atoms with Crippen LogP contribution < -0.4 is 11.3 Å². The molecule has 0 aliphatic rings. The number of hydrogen-bond donors (Lipinski definition) is 1. The van der Waals surface area contributed by atoms with Crippen molar-refractivity contribution in [2.45, 2.75) is 19.9 Å². The molecule has 0 aliphatic heterocycles. The highest BCUT2D eigenvalue weighted by atomic mass is 79.9. The molecule has 1 heterocycles. The maximum Gasteiger partial charge on any atom is 0.265 e. The predicted molar refractivity (Wildman–Crippen MR) is 71.9 cm³/mol. The molecule has 1 aromatic heterocycles. The van der Waals surface area contributed by atoms with Gasteiger partial charge in [0.2, 0.25) is 0 Å². The van der Waals surface area contributed by atoms with Gasteiger partial charge in [-0.3, -0.25) is 4.79 Å². The van der Waals surface area contributed by atoms with E-state index in [0.717, 1.165) is 0 Å². The van der Waals surface area contributed by atoms with Crippen molar-refractivity contribution in [3.63, 3.8) is 0 Å². The van der Waals surface area contributed by atoms with Crippen molar-refractivity contribution in [3.8, 4) is 0 Å². The molecule has 0 radical (unpaired) electrons. The summed E-state index contributed by atoms with van der Waals surface area (Å²) >= 11 is 3.18. The molecule has 0 saturated carbocycles. The number of nitrogens with zero attached hydrogens (tertiary/aromatic N) is 1. The second kappa shape index (κ2) is 5.22. The predicted octanol–water partition coefficient (Wildman–Crippen LogP) is 0.936. The van der Waals surface area contributed by atoms with E-state index in [9.17, 15) is 13.2 Å². The Kier molecular flexibility index (Phi) is 4.37. The van der Waals surface area contributed by atoms with E-state index < -0.39 is 9.84 Å². The van der Waals surface area contributed by atoms with E-state index in [-0.39, 0.29) is 11.3 Å². The molecule has 17 heavy (non-hydrogen) atoms. The molecule has 0 saturated heterocycles. The first-order valence-electron chi connectivity index (χ1n) is 5.05. The normalized spacial score (nSPS) is 11.7. The fourth-order valence-corrected chi connectivity index (χ4v) is 2.51. The summed E-state index contributed by atoms with van der Waals surface area (Å²) in [6.45, 7) is 2.09. The minimum atomic E-state index is -2.99. The summed E-state index contributed by atoms with van der Waals surface area (Å²) in [5.41, 5.74) is 6.76. The fraction of sp³-hybridized carbons (Fsp3) is 0.500. The second-order valence-electron chi connectivity index (χ2n) is 4.01. The first-order chi connectivity index (χ1) is 7.72. The third kappa shape index (κ3) is 3.85. The van der Waals surface area contributed by atoms with Crippen LogP contribution in [0.3, 0.4) is 0 Å². The number of sulfone groups is 1. The van der Waals surface area contributed by atoms with Gasteiger partial charge in [0.25, 0.3) is 5.56 Å². The third-order valence-corrected chi connectivity index (χ3v) is 4.38. The number of nitrogens with two attached hydrogens (primary N) is 1. The number of rotatable bonds is 4. The zero-order chi connectivity index (χ0) is 13.2. The number of pyridine rings is 1. The Bertz CT molecular complexity index is 578. The quantitative estimate of drug-likeness (QED) is 0.894. The molecule has 0 bridgehead atoms. The first-order valence-corrected chi connectivity index (χ1v) is 7.90. The van der Waals surface area contributed by atoms with Crippen LogP contribution in [0.5, 0.6) is 0 Å². The summed E-state index contributed by atoms with van der Waals surface area (Å²) in [5.74, 6) is 0.0604. The number of hydrogen-bond acceptors (Lipinski definition) is 4. The Labute approximate surface area is 109 Å². The van der Waals surface area contributed by atoms with Crippen LogP contribution in [-0.2, 0) is 16.4 Å². The number of nitrogen functional groups attached to an aromatic ring is 1. The summed E-state index contributed by atoms with van der Waals surface area (Å²) in [6.07, 6.45) is 3.12. The van der Waals surface area contributed by atoms with Gasteiger partial charge in [-0.1, -0.05) is 0 Å². The van der Waals surface area contributed by atoms with Crippen LogP contribution in [-0.4, -0.2) is 25.0 Å². The van der Waals surface area contributed by atoms with Crippen molar-refractivity contribution in [1.82, 2.24) is 4.57 Å². The van der Waals surface area contributed by atoms with Gasteiger partial charge >= 0.3 is 0 Å². The van der Waals surface area contributed by atoms with Gasteiger partial charge in [0.15, 0.2) is 0 Å². The van der Waals surface area contributed by atoms with Crippen LogP contribution in [0.4, 0.5) is 5.69 Å². The van der Waals surface area contributed by atoms with Gasteiger partial charge in [0.1, 0.15) is 9.84 Å². The van der Waals surface area contributed by atoms with Crippen LogP contribution in [0.1, 0.15) is 12.0 Å². The van der Waals surface area contributed by atoms with Gasteiger partial charge < -0.3 is 10.3 Å². The molecule has 0 aliphatic carbocycles. The number of aryl methyl sites for hydroxylation is 1. The maximum absolute atomic E-state index is 11.8. The topological polar surface area (TPSA) is 82.2 Å². The Morgan fingerprint density at radius 1 is 1.47 bits per heavy atom. The molecule has 0 fully saturated rings. The highest BCUT2D eigenvalue weighted by molar-refractivity contribution is 9.10. The Morgan fingerprint density at radius 3 is 2.59 bits per heavy atom. The molecule has 1 rings (SSSR count). The molecular formula is C10H15BrN2O3S. The van der Waals surface area contributed by atoms with Crippen LogP contribution in [0.25, 0.3) is 0 Å². The van der Waals surface area contributed by atoms with Crippen molar-refractivity contribution in [3.05, 3.63) is 26.6 Å². The lowest BCUT2D eigenvalue weighted by Gasteiger charge is -2.09. The van der Waals surface area contributed by atoms with Crippen molar-refractivity contribution in [1.29, 1.82) is 0 Å². The lowest BCUT2D eigenvalue weighted by atomic mass is 10.2. The number of anilines is 1. The van der Waals surface area contributed by atoms with E-state index in [4.69, 9.17) is 5.73 Å². The van der Waals surface area contributed by atoms with Gasteiger partial charge in [-0.05, 0) is 34.8 Å². The van der Waals surface area contributed by atoms with Gasteiger partial charge in [-0.2, -0.15) is 0 Å². The van der Waals surface area contributed by atoms with E-state index in [1.165, 1.54) is 10.8 Å². The molecule has 2 N–H and O–H groups in total. The number of halogens is 1. The largest absolute Gasteiger partial charge is 0.397 e. The third-order valence-electron chi connectivity index (χ3n) is 2.42. The van der Waals surface area contributed by atoms with Gasteiger partial charge in [0.05, 0.1) is 15.9 Å². The van der Waals surface area contributed by atoms with E-state index in [0.29, 0.717) is 28.7 Å². The summed E-state index contributed by atoms with van der Waals surface area (Å²) in [6, 6.07) is 0. The van der Waals surface area contributed by atoms with Gasteiger partial charge in [-0.25, -0.2) is 8.42 Å². The summed E-state index contributed by atoms with van der Waals surface area (Å²) in [4.78, 5) is 11.8. The van der Waals surface area contributed by atoms with Crippen molar-refractivity contribution in [2.75, 3.05) is 17.7 Å². The van der Waals surface area contributed by atoms with Crippen molar-refractivity contribution in [2.24, 2.45) is 0 Å². The molecule has 0 aromatic carbocycles. The lowest BCUT2D eigenvalue weighted by Crippen LogP contribution is -2.23. The highest BCUT2D eigenvalue weighted by Crippen LogP contribution is 2.17. The van der Waals surface area contributed by atoms with Crippen LogP contribution in [0, 0.1) is 6.92 Å². The summed E-state index contributed by atoms with van der Waals surface area (Å²) < 4.78 is 23.8. The molecule has 1 aromatic rings. The zero-order valence-electron chi connectivity index (χ0n) is 9.73. The molecule has 7 heteroatoms. The van der Waals surface area contributed by atoms with E-state index in [1.54, 1.807) is 13.1 Å². The number of aromatic nitrogens is 1. The first kappa shape index (κ1) is 14.2. The molecule has 0 amide bonds. The summed E-state index contributed by atoms with van der Waals surface area (Å²) in [7, 11) is -2.99. The average molecular weight is 323 g/mol. The molecular weight excluding hydrogens is 308 g/mol.